The highest BCUT2D eigenvalue weighted by Crippen LogP contribution is 2.34. The summed E-state index contributed by atoms with van der Waals surface area (Å²) in [5.41, 5.74) is 1.07. The molecule has 21 heavy (non-hydrogen) atoms. The molecule has 2 rings (SSSR count). The summed E-state index contributed by atoms with van der Waals surface area (Å²) < 4.78 is 11.0. The average Bonchev–Trinajstić information content (AvgIpc) is 2.36. The first-order valence-corrected chi connectivity index (χ1v) is 8.00. The van der Waals surface area contributed by atoms with E-state index in [0.29, 0.717) is 12.8 Å². The van der Waals surface area contributed by atoms with Gasteiger partial charge in [-0.1, -0.05) is 18.2 Å². The zero-order chi connectivity index (χ0) is 15.5. The Morgan fingerprint density at radius 2 is 2.05 bits per heavy atom. The predicted molar refractivity (Wildman–Crippen MR) is 77.3 cm³/mol. The first-order chi connectivity index (χ1) is 9.85. The van der Waals surface area contributed by atoms with Gasteiger partial charge in [0, 0.05) is 5.70 Å². The van der Waals surface area contributed by atoms with Crippen molar-refractivity contribution in [3.05, 3.63) is 53.8 Å². The van der Waals surface area contributed by atoms with Crippen LogP contribution in [0.5, 0.6) is 5.75 Å². The van der Waals surface area contributed by atoms with Crippen molar-refractivity contribution in [2.75, 3.05) is 0 Å². The lowest BCUT2D eigenvalue weighted by Gasteiger charge is -2.22. The zero-order valence-corrected chi connectivity index (χ0v) is 12.0. The Bertz CT molecular complexity index is 647. The second-order valence-corrected chi connectivity index (χ2v) is 6.11. The summed E-state index contributed by atoms with van der Waals surface area (Å²) in [7, 11) is -4.45. The van der Waals surface area contributed by atoms with Crippen molar-refractivity contribution in [3.8, 4) is 5.75 Å². The van der Waals surface area contributed by atoms with Crippen LogP contribution in [0, 0.1) is 5.92 Å². The Kier molecular flexibility index (Phi) is 4.63. The van der Waals surface area contributed by atoms with E-state index in [4.69, 9.17) is 9.79 Å². The standard InChI is InChI=1S/C14H16NO5P/c16-11-4-1-3-10(9-11)7-8-12-13(15-21(18,19)20)5-2-6-14(12)17/h1-6,9,12,16H,7-8H2,(H3,15,18,19,20). The van der Waals surface area contributed by atoms with Crippen molar-refractivity contribution in [2.24, 2.45) is 5.92 Å². The molecule has 1 aromatic rings. The van der Waals surface area contributed by atoms with Gasteiger partial charge in [0.05, 0.1) is 5.92 Å². The van der Waals surface area contributed by atoms with Gasteiger partial charge in [0.2, 0.25) is 0 Å². The number of carbonyl (C=O) groups is 1. The molecule has 1 atom stereocenters. The number of ketones is 1. The van der Waals surface area contributed by atoms with E-state index >= 15 is 0 Å². The molecule has 0 fully saturated rings. The molecule has 0 saturated carbocycles. The summed E-state index contributed by atoms with van der Waals surface area (Å²) in [5.74, 6) is -0.676. The van der Waals surface area contributed by atoms with Crippen LogP contribution < -0.4 is 5.09 Å². The third kappa shape index (κ3) is 4.56. The minimum absolute atomic E-state index is 0.145. The van der Waals surface area contributed by atoms with Crippen molar-refractivity contribution < 1.29 is 24.3 Å². The first kappa shape index (κ1) is 15.5. The fourth-order valence-electron chi connectivity index (χ4n) is 2.24. The van der Waals surface area contributed by atoms with E-state index in [1.54, 1.807) is 18.2 Å². The molecule has 0 bridgehead atoms. The highest BCUT2D eigenvalue weighted by Gasteiger charge is 2.27. The third-order valence-electron chi connectivity index (χ3n) is 3.16. The molecule has 0 aliphatic heterocycles. The molecule has 112 valence electrons. The highest BCUT2D eigenvalue weighted by atomic mass is 31.2. The maximum atomic E-state index is 11.9. The molecule has 0 heterocycles. The molecule has 4 N–H and O–H groups in total. The molecule has 0 aromatic heterocycles. The summed E-state index contributed by atoms with van der Waals surface area (Å²) in [4.78, 5) is 29.9. The number of nitrogens with one attached hydrogen (secondary N) is 1. The fraction of sp³-hybridized carbons (Fsp3) is 0.214. The van der Waals surface area contributed by atoms with E-state index in [0.717, 1.165) is 5.56 Å². The molecule has 0 spiro atoms. The average molecular weight is 309 g/mol. The first-order valence-electron chi connectivity index (χ1n) is 6.39. The van der Waals surface area contributed by atoms with Crippen LogP contribution in [0.1, 0.15) is 12.0 Å². The van der Waals surface area contributed by atoms with Gasteiger partial charge in [0.1, 0.15) is 5.75 Å². The van der Waals surface area contributed by atoms with Gasteiger partial charge in [0.25, 0.3) is 0 Å². The topological polar surface area (TPSA) is 107 Å². The Morgan fingerprint density at radius 3 is 2.71 bits per heavy atom. The highest BCUT2D eigenvalue weighted by molar-refractivity contribution is 7.49. The molecule has 1 aromatic carbocycles. The van der Waals surface area contributed by atoms with Crippen molar-refractivity contribution in [3.63, 3.8) is 0 Å². The lowest BCUT2D eigenvalue weighted by Crippen LogP contribution is -2.26. The number of benzene rings is 1. The number of rotatable bonds is 5. The van der Waals surface area contributed by atoms with E-state index in [1.807, 2.05) is 6.07 Å². The normalized spacial score (nSPS) is 18.5. The predicted octanol–water partition coefficient (Wildman–Crippen LogP) is 1.65. The van der Waals surface area contributed by atoms with E-state index in [1.165, 1.54) is 18.2 Å². The minimum atomic E-state index is -4.45. The van der Waals surface area contributed by atoms with E-state index in [-0.39, 0.29) is 17.2 Å². The van der Waals surface area contributed by atoms with Crippen LogP contribution in [-0.4, -0.2) is 20.7 Å². The van der Waals surface area contributed by atoms with E-state index in [2.05, 4.69) is 5.09 Å². The molecular formula is C14H16NO5P. The Hall–Kier alpha value is -1.88. The van der Waals surface area contributed by atoms with Gasteiger partial charge in [-0.2, -0.15) is 0 Å². The second-order valence-electron chi connectivity index (χ2n) is 4.80. The van der Waals surface area contributed by atoms with Crippen LogP contribution in [0.15, 0.2) is 48.2 Å². The van der Waals surface area contributed by atoms with Gasteiger partial charge < -0.3 is 14.9 Å². The number of allylic oxidation sites excluding steroid dienone is 4. The molecule has 0 radical (unpaired) electrons. The van der Waals surface area contributed by atoms with Crippen molar-refractivity contribution in [1.82, 2.24) is 5.09 Å². The van der Waals surface area contributed by atoms with Crippen molar-refractivity contribution in [1.29, 1.82) is 0 Å². The maximum absolute atomic E-state index is 11.9. The molecule has 0 amide bonds. The lowest BCUT2D eigenvalue weighted by molar-refractivity contribution is -0.117. The SMILES string of the molecule is O=C1C=CC=C(NP(=O)(O)O)C1CCc1cccc(O)c1. The Balaban J connectivity index is 2.09. The van der Waals surface area contributed by atoms with Gasteiger partial charge >= 0.3 is 7.75 Å². The van der Waals surface area contributed by atoms with Crippen LogP contribution in [0.4, 0.5) is 0 Å². The van der Waals surface area contributed by atoms with Gasteiger partial charge in [0.15, 0.2) is 5.78 Å². The van der Waals surface area contributed by atoms with E-state index in [9.17, 15) is 14.5 Å². The van der Waals surface area contributed by atoms with Gasteiger partial charge in [-0.05, 0) is 42.7 Å². The number of hydrogen-bond acceptors (Lipinski definition) is 3. The number of phenolic OH excluding ortho intramolecular Hbond substituents is 1. The minimum Gasteiger partial charge on any atom is -0.508 e. The third-order valence-corrected chi connectivity index (χ3v) is 3.71. The fourth-order valence-corrected chi connectivity index (χ4v) is 2.80. The molecule has 0 saturated heterocycles. The summed E-state index contributed by atoms with van der Waals surface area (Å²) >= 11 is 0. The molecule has 1 aliphatic carbocycles. The largest absolute Gasteiger partial charge is 0.508 e. The number of hydrogen-bond donors (Lipinski definition) is 4. The van der Waals surface area contributed by atoms with Crippen molar-refractivity contribution >= 4 is 13.5 Å². The summed E-state index contributed by atoms with van der Waals surface area (Å²) in [6.45, 7) is 0. The molecule has 7 heteroatoms. The van der Waals surface area contributed by atoms with Crippen LogP contribution >= 0.6 is 7.75 Å². The van der Waals surface area contributed by atoms with Crippen LogP contribution in [0.3, 0.4) is 0 Å². The number of aryl methyl sites for hydroxylation is 1. The van der Waals surface area contributed by atoms with Crippen LogP contribution in [-0.2, 0) is 15.8 Å². The number of aromatic hydroxyl groups is 1. The molecule has 1 unspecified atom stereocenters. The number of phenols is 1. The lowest BCUT2D eigenvalue weighted by atomic mass is 9.90. The Labute approximate surface area is 122 Å². The van der Waals surface area contributed by atoms with Gasteiger partial charge in [-0.3, -0.25) is 9.88 Å². The molecule has 6 nitrogen and oxygen atoms in total. The maximum Gasteiger partial charge on any atom is 0.427 e. The smallest absolute Gasteiger partial charge is 0.427 e. The molecular weight excluding hydrogens is 293 g/mol. The molecule has 1 aliphatic rings. The van der Waals surface area contributed by atoms with Crippen LogP contribution in [0.25, 0.3) is 0 Å². The second kappa shape index (κ2) is 6.26. The van der Waals surface area contributed by atoms with E-state index < -0.39 is 13.7 Å². The summed E-state index contributed by atoms with van der Waals surface area (Å²) in [6.07, 6.45) is 5.25. The van der Waals surface area contributed by atoms with Gasteiger partial charge in [-0.25, -0.2) is 4.57 Å². The van der Waals surface area contributed by atoms with Crippen LogP contribution in [0.2, 0.25) is 0 Å². The monoisotopic (exact) mass is 309 g/mol. The summed E-state index contributed by atoms with van der Waals surface area (Å²) in [6, 6.07) is 6.68. The Morgan fingerprint density at radius 1 is 1.29 bits per heavy atom. The zero-order valence-electron chi connectivity index (χ0n) is 11.1. The van der Waals surface area contributed by atoms with Gasteiger partial charge in [-0.15, -0.1) is 0 Å². The number of carbonyl (C=O) groups excluding carboxylic acids is 1. The quantitative estimate of drug-likeness (QED) is 0.616. The summed E-state index contributed by atoms with van der Waals surface area (Å²) in [5, 5.41) is 11.5. The van der Waals surface area contributed by atoms with Crippen molar-refractivity contribution in [2.45, 2.75) is 12.8 Å².